The molecule has 3 nitrogen and oxygen atoms in total. The molecule has 20 heavy (non-hydrogen) atoms. The maximum absolute atomic E-state index is 14.4. The second-order valence-corrected chi connectivity index (χ2v) is 4.29. The highest BCUT2D eigenvalue weighted by molar-refractivity contribution is 5.63. The SMILES string of the molecule is O=c1[nH]n(-c2ccccc2)c(F)c1-c1cccc(F)c1. The third-order valence-electron chi connectivity index (χ3n) is 2.97. The van der Waals surface area contributed by atoms with Crippen LogP contribution in [0.25, 0.3) is 16.8 Å². The summed E-state index contributed by atoms with van der Waals surface area (Å²) in [4.78, 5) is 11.9. The molecule has 0 aliphatic rings. The first-order chi connectivity index (χ1) is 9.66. The fourth-order valence-electron chi connectivity index (χ4n) is 2.06. The van der Waals surface area contributed by atoms with E-state index in [0.29, 0.717) is 5.69 Å². The van der Waals surface area contributed by atoms with Crippen LogP contribution in [0.2, 0.25) is 0 Å². The Hall–Kier alpha value is -2.69. The number of aromatic nitrogens is 2. The Labute approximate surface area is 113 Å². The first-order valence-corrected chi connectivity index (χ1v) is 5.98. The summed E-state index contributed by atoms with van der Waals surface area (Å²) >= 11 is 0. The Bertz CT molecular complexity index is 806. The molecule has 0 spiro atoms. The van der Waals surface area contributed by atoms with E-state index < -0.39 is 17.3 Å². The van der Waals surface area contributed by atoms with Crippen LogP contribution in [0.5, 0.6) is 0 Å². The molecule has 1 aromatic heterocycles. The van der Waals surface area contributed by atoms with Gasteiger partial charge in [-0.15, -0.1) is 0 Å². The summed E-state index contributed by atoms with van der Waals surface area (Å²) in [6, 6.07) is 13.9. The van der Waals surface area contributed by atoms with Crippen LogP contribution in [0.15, 0.2) is 59.4 Å². The molecule has 1 N–H and O–H groups in total. The van der Waals surface area contributed by atoms with Gasteiger partial charge in [-0.25, -0.2) is 9.07 Å². The van der Waals surface area contributed by atoms with E-state index in [0.717, 1.165) is 10.7 Å². The second kappa shape index (κ2) is 4.77. The van der Waals surface area contributed by atoms with Crippen LogP contribution in [0.1, 0.15) is 0 Å². The Morgan fingerprint density at radius 2 is 1.70 bits per heavy atom. The number of H-pyrrole nitrogens is 1. The van der Waals surface area contributed by atoms with Crippen LogP contribution >= 0.6 is 0 Å². The normalized spacial score (nSPS) is 10.7. The number of nitrogens with zero attached hydrogens (tertiary/aromatic N) is 1. The molecule has 0 fully saturated rings. The van der Waals surface area contributed by atoms with Crippen molar-refractivity contribution in [3.8, 4) is 16.8 Å². The fraction of sp³-hybridized carbons (Fsp3) is 0. The number of hydrogen-bond donors (Lipinski definition) is 1. The molecule has 0 saturated carbocycles. The third-order valence-corrected chi connectivity index (χ3v) is 2.97. The molecule has 0 bridgehead atoms. The lowest BCUT2D eigenvalue weighted by molar-refractivity contribution is 0.539. The third kappa shape index (κ3) is 2.03. The summed E-state index contributed by atoms with van der Waals surface area (Å²) in [6.45, 7) is 0. The summed E-state index contributed by atoms with van der Waals surface area (Å²) < 4.78 is 28.7. The first kappa shape index (κ1) is 12.3. The van der Waals surface area contributed by atoms with Crippen molar-refractivity contribution in [2.45, 2.75) is 0 Å². The summed E-state index contributed by atoms with van der Waals surface area (Å²) in [5.74, 6) is -1.26. The Morgan fingerprint density at radius 3 is 2.40 bits per heavy atom. The van der Waals surface area contributed by atoms with Gasteiger partial charge in [0.2, 0.25) is 5.95 Å². The van der Waals surface area contributed by atoms with Crippen molar-refractivity contribution in [2.75, 3.05) is 0 Å². The predicted octanol–water partition coefficient (Wildman–Crippen LogP) is 3.11. The number of hydrogen-bond acceptors (Lipinski definition) is 1. The van der Waals surface area contributed by atoms with E-state index in [4.69, 9.17) is 0 Å². The average Bonchev–Trinajstić information content (AvgIpc) is 2.75. The van der Waals surface area contributed by atoms with Gasteiger partial charge in [0.15, 0.2) is 0 Å². The lowest BCUT2D eigenvalue weighted by atomic mass is 10.1. The molecule has 0 radical (unpaired) electrons. The van der Waals surface area contributed by atoms with Gasteiger partial charge >= 0.3 is 0 Å². The molecular weight excluding hydrogens is 262 g/mol. The molecule has 3 aromatic rings. The summed E-state index contributed by atoms with van der Waals surface area (Å²) in [7, 11) is 0. The van der Waals surface area contributed by atoms with Gasteiger partial charge in [-0.1, -0.05) is 30.3 Å². The minimum Gasteiger partial charge on any atom is -0.267 e. The van der Waals surface area contributed by atoms with Crippen molar-refractivity contribution in [1.82, 2.24) is 9.78 Å². The molecule has 1 heterocycles. The fourth-order valence-corrected chi connectivity index (χ4v) is 2.06. The number of benzene rings is 2. The predicted molar refractivity (Wildman–Crippen MR) is 71.7 cm³/mol. The van der Waals surface area contributed by atoms with E-state index >= 15 is 0 Å². The van der Waals surface area contributed by atoms with Crippen LogP contribution in [-0.4, -0.2) is 9.78 Å². The monoisotopic (exact) mass is 272 g/mol. The molecule has 0 saturated heterocycles. The van der Waals surface area contributed by atoms with Crippen LogP contribution in [0.4, 0.5) is 8.78 Å². The number of para-hydroxylation sites is 1. The summed E-state index contributed by atoms with van der Waals surface area (Å²) in [6.07, 6.45) is 0. The van der Waals surface area contributed by atoms with E-state index in [1.54, 1.807) is 30.3 Å². The lowest BCUT2D eigenvalue weighted by Crippen LogP contribution is -2.05. The lowest BCUT2D eigenvalue weighted by Gasteiger charge is -2.03. The van der Waals surface area contributed by atoms with E-state index in [1.165, 1.54) is 18.2 Å². The van der Waals surface area contributed by atoms with Gasteiger partial charge in [0.05, 0.1) is 5.69 Å². The van der Waals surface area contributed by atoms with Gasteiger partial charge in [-0.3, -0.25) is 9.89 Å². The molecule has 0 aliphatic carbocycles. The zero-order valence-corrected chi connectivity index (χ0v) is 10.3. The molecule has 100 valence electrons. The van der Waals surface area contributed by atoms with Gasteiger partial charge in [0.25, 0.3) is 5.56 Å². The van der Waals surface area contributed by atoms with Gasteiger partial charge in [0, 0.05) is 0 Å². The molecule has 0 amide bonds. The number of halogens is 2. The molecule has 0 aliphatic heterocycles. The van der Waals surface area contributed by atoms with Crippen LogP contribution < -0.4 is 5.56 Å². The highest BCUT2D eigenvalue weighted by Crippen LogP contribution is 2.21. The van der Waals surface area contributed by atoms with Crippen molar-refractivity contribution in [3.63, 3.8) is 0 Å². The second-order valence-electron chi connectivity index (χ2n) is 4.29. The molecule has 0 atom stereocenters. The number of aromatic amines is 1. The average molecular weight is 272 g/mol. The van der Waals surface area contributed by atoms with Crippen molar-refractivity contribution < 1.29 is 8.78 Å². The van der Waals surface area contributed by atoms with Crippen LogP contribution in [0, 0.1) is 11.8 Å². The molecular formula is C15H10F2N2O. The van der Waals surface area contributed by atoms with Gasteiger partial charge < -0.3 is 0 Å². The highest BCUT2D eigenvalue weighted by atomic mass is 19.1. The quantitative estimate of drug-likeness (QED) is 0.764. The Balaban J connectivity index is 2.20. The largest absolute Gasteiger partial charge is 0.275 e. The van der Waals surface area contributed by atoms with Crippen LogP contribution in [0.3, 0.4) is 0 Å². The molecule has 0 unspecified atom stereocenters. The summed E-state index contributed by atoms with van der Waals surface area (Å²) in [5, 5.41) is 2.41. The van der Waals surface area contributed by atoms with Gasteiger partial charge in [-0.2, -0.15) is 4.39 Å². The summed E-state index contributed by atoms with van der Waals surface area (Å²) in [5.41, 5.74) is -0.0755. The topological polar surface area (TPSA) is 37.8 Å². The maximum Gasteiger partial charge on any atom is 0.275 e. The zero-order chi connectivity index (χ0) is 14.1. The van der Waals surface area contributed by atoms with E-state index in [1.807, 2.05) is 0 Å². The molecule has 2 aromatic carbocycles. The van der Waals surface area contributed by atoms with E-state index in [2.05, 4.69) is 5.10 Å². The van der Waals surface area contributed by atoms with Gasteiger partial charge in [-0.05, 0) is 29.8 Å². The Morgan fingerprint density at radius 1 is 0.950 bits per heavy atom. The van der Waals surface area contributed by atoms with Crippen molar-refractivity contribution in [2.24, 2.45) is 0 Å². The highest BCUT2D eigenvalue weighted by Gasteiger charge is 2.17. The van der Waals surface area contributed by atoms with Gasteiger partial charge in [0.1, 0.15) is 11.4 Å². The van der Waals surface area contributed by atoms with Crippen molar-refractivity contribution in [1.29, 1.82) is 0 Å². The maximum atomic E-state index is 14.4. The molecule has 5 heteroatoms. The zero-order valence-electron chi connectivity index (χ0n) is 10.3. The minimum atomic E-state index is -0.744. The van der Waals surface area contributed by atoms with E-state index in [-0.39, 0.29) is 11.1 Å². The van der Waals surface area contributed by atoms with Crippen molar-refractivity contribution >= 4 is 0 Å². The number of nitrogens with one attached hydrogen (secondary N) is 1. The first-order valence-electron chi connectivity index (χ1n) is 5.98. The van der Waals surface area contributed by atoms with Crippen LogP contribution in [-0.2, 0) is 0 Å². The smallest absolute Gasteiger partial charge is 0.267 e. The Kier molecular flexibility index (Phi) is 2.95. The minimum absolute atomic E-state index is 0.173. The molecule has 3 rings (SSSR count). The standard InChI is InChI=1S/C15H10F2N2O/c16-11-6-4-5-10(9-11)13-14(17)19(18-15(13)20)12-7-2-1-3-8-12/h1-9H,(H,18,20). The van der Waals surface area contributed by atoms with Crippen molar-refractivity contribution in [3.05, 3.63) is 76.7 Å². The number of rotatable bonds is 2. The van der Waals surface area contributed by atoms with E-state index in [9.17, 15) is 13.6 Å².